The van der Waals surface area contributed by atoms with Crippen LogP contribution in [0.25, 0.3) is 0 Å². The first-order chi connectivity index (χ1) is 7.91. The standard InChI is InChI=1S/C11H16N2O3S/c1-6(2)7(3)4-12-9(14)10-13-8(5-17-10)11(15)16/h5-7H,4H2,1-3H3,(H,12,14)(H,15,16). The van der Waals surface area contributed by atoms with Gasteiger partial charge in [-0.15, -0.1) is 11.3 Å². The minimum absolute atomic E-state index is 0.0861. The first-order valence-corrected chi connectivity index (χ1v) is 6.26. The topological polar surface area (TPSA) is 79.3 Å². The minimum atomic E-state index is -1.11. The lowest BCUT2D eigenvalue weighted by Gasteiger charge is -2.15. The Labute approximate surface area is 104 Å². The van der Waals surface area contributed by atoms with Gasteiger partial charge >= 0.3 is 5.97 Å². The third kappa shape index (κ3) is 3.81. The molecule has 1 heterocycles. The lowest BCUT2D eigenvalue weighted by molar-refractivity contribution is 0.0691. The van der Waals surface area contributed by atoms with Crippen LogP contribution in [0, 0.1) is 11.8 Å². The van der Waals surface area contributed by atoms with Crippen LogP contribution in [0.2, 0.25) is 0 Å². The van der Waals surface area contributed by atoms with Crippen LogP contribution in [-0.2, 0) is 0 Å². The van der Waals surface area contributed by atoms with Gasteiger partial charge in [0.05, 0.1) is 0 Å². The number of rotatable bonds is 5. The molecule has 1 unspecified atom stereocenters. The van der Waals surface area contributed by atoms with Crippen molar-refractivity contribution >= 4 is 23.2 Å². The van der Waals surface area contributed by atoms with Gasteiger partial charge in [0.15, 0.2) is 10.7 Å². The summed E-state index contributed by atoms with van der Waals surface area (Å²) in [7, 11) is 0. The van der Waals surface area contributed by atoms with Crippen molar-refractivity contribution in [1.82, 2.24) is 10.3 Å². The number of aromatic carboxylic acids is 1. The first-order valence-electron chi connectivity index (χ1n) is 5.38. The Morgan fingerprint density at radius 3 is 2.59 bits per heavy atom. The molecule has 0 aliphatic carbocycles. The van der Waals surface area contributed by atoms with Crippen molar-refractivity contribution in [2.24, 2.45) is 11.8 Å². The molecule has 1 aromatic heterocycles. The summed E-state index contributed by atoms with van der Waals surface area (Å²) in [6.45, 7) is 6.79. The molecule has 0 fully saturated rings. The van der Waals surface area contributed by atoms with Crippen LogP contribution in [-0.4, -0.2) is 28.5 Å². The average molecular weight is 256 g/mol. The minimum Gasteiger partial charge on any atom is -0.476 e. The van der Waals surface area contributed by atoms with Gasteiger partial charge in [0.2, 0.25) is 0 Å². The molecule has 1 atom stereocenters. The van der Waals surface area contributed by atoms with Gasteiger partial charge in [0.1, 0.15) is 0 Å². The number of aromatic nitrogens is 1. The van der Waals surface area contributed by atoms with Gasteiger partial charge in [-0.05, 0) is 11.8 Å². The Kier molecular flexibility index (Phi) is 4.62. The van der Waals surface area contributed by atoms with Gasteiger partial charge < -0.3 is 10.4 Å². The molecule has 1 amide bonds. The quantitative estimate of drug-likeness (QED) is 0.842. The molecular formula is C11H16N2O3S. The number of carboxylic acid groups (broad SMARTS) is 1. The molecule has 5 nitrogen and oxygen atoms in total. The maximum Gasteiger partial charge on any atom is 0.355 e. The maximum absolute atomic E-state index is 11.7. The van der Waals surface area contributed by atoms with E-state index in [9.17, 15) is 9.59 Å². The Hall–Kier alpha value is -1.43. The van der Waals surface area contributed by atoms with Crippen molar-refractivity contribution in [3.63, 3.8) is 0 Å². The highest BCUT2D eigenvalue weighted by molar-refractivity contribution is 7.11. The summed E-state index contributed by atoms with van der Waals surface area (Å²) in [6.07, 6.45) is 0. The number of amides is 1. The molecule has 1 aromatic rings. The molecule has 0 saturated heterocycles. The monoisotopic (exact) mass is 256 g/mol. The smallest absolute Gasteiger partial charge is 0.355 e. The van der Waals surface area contributed by atoms with E-state index in [0.29, 0.717) is 18.4 Å². The molecule has 2 N–H and O–H groups in total. The Balaban J connectivity index is 2.55. The number of nitrogens with zero attached hydrogens (tertiary/aromatic N) is 1. The summed E-state index contributed by atoms with van der Waals surface area (Å²) in [4.78, 5) is 26.0. The fourth-order valence-electron chi connectivity index (χ4n) is 1.04. The lowest BCUT2D eigenvalue weighted by Crippen LogP contribution is -2.30. The summed E-state index contributed by atoms with van der Waals surface area (Å²) in [6, 6.07) is 0. The normalized spacial score (nSPS) is 12.5. The molecular weight excluding hydrogens is 240 g/mol. The predicted octanol–water partition coefficient (Wildman–Crippen LogP) is 1.86. The van der Waals surface area contributed by atoms with E-state index in [2.05, 4.69) is 31.1 Å². The maximum atomic E-state index is 11.7. The van der Waals surface area contributed by atoms with Gasteiger partial charge in [-0.1, -0.05) is 20.8 Å². The number of carbonyl (C=O) groups excluding carboxylic acids is 1. The molecule has 17 heavy (non-hydrogen) atoms. The van der Waals surface area contributed by atoms with E-state index in [4.69, 9.17) is 5.11 Å². The first kappa shape index (κ1) is 13.6. The van der Waals surface area contributed by atoms with Gasteiger partial charge in [-0.25, -0.2) is 9.78 Å². The van der Waals surface area contributed by atoms with Crippen LogP contribution in [0.1, 0.15) is 41.1 Å². The number of hydrogen-bond acceptors (Lipinski definition) is 4. The second kappa shape index (κ2) is 5.77. The van der Waals surface area contributed by atoms with Crippen LogP contribution in [0.3, 0.4) is 0 Å². The summed E-state index contributed by atoms with van der Waals surface area (Å²) < 4.78 is 0. The van der Waals surface area contributed by atoms with E-state index in [1.807, 2.05) is 0 Å². The molecule has 0 saturated carbocycles. The van der Waals surface area contributed by atoms with Crippen LogP contribution < -0.4 is 5.32 Å². The van der Waals surface area contributed by atoms with E-state index in [1.54, 1.807) is 0 Å². The molecule has 0 aromatic carbocycles. The summed E-state index contributed by atoms with van der Waals surface area (Å²) in [5.74, 6) is -0.565. The highest BCUT2D eigenvalue weighted by Gasteiger charge is 2.15. The van der Waals surface area contributed by atoms with Gasteiger partial charge in [0.25, 0.3) is 5.91 Å². The fraction of sp³-hybridized carbons (Fsp3) is 0.545. The van der Waals surface area contributed by atoms with Crippen molar-refractivity contribution < 1.29 is 14.7 Å². The van der Waals surface area contributed by atoms with Crippen molar-refractivity contribution in [2.75, 3.05) is 6.54 Å². The van der Waals surface area contributed by atoms with Crippen molar-refractivity contribution in [3.8, 4) is 0 Å². The van der Waals surface area contributed by atoms with Gasteiger partial charge in [-0.2, -0.15) is 0 Å². The summed E-state index contributed by atoms with van der Waals surface area (Å²) >= 11 is 1.04. The van der Waals surface area contributed by atoms with E-state index in [0.717, 1.165) is 11.3 Å². The van der Waals surface area contributed by atoms with Crippen LogP contribution in [0.4, 0.5) is 0 Å². The van der Waals surface area contributed by atoms with Crippen LogP contribution in [0.15, 0.2) is 5.38 Å². The molecule has 0 radical (unpaired) electrons. The lowest BCUT2D eigenvalue weighted by atomic mass is 9.98. The molecule has 94 valence electrons. The van der Waals surface area contributed by atoms with Crippen molar-refractivity contribution in [1.29, 1.82) is 0 Å². The Morgan fingerprint density at radius 1 is 1.47 bits per heavy atom. The molecule has 0 bridgehead atoms. The largest absolute Gasteiger partial charge is 0.476 e. The van der Waals surface area contributed by atoms with E-state index < -0.39 is 5.97 Å². The second-order valence-corrected chi connectivity index (χ2v) is 5.13. The van der Waals surface area contributed by atoms with E-state index >= 15 is 0 Å². The Morgan fingerprint density at radius 2 is 2.12 bits per heavy atom. The Bertz CT molecular complexity index is 415. The van der Waals surface area contributed by atoms with Crippen molar-refractivity contribution in [2.45, 2.75) is 20.8 Å². The number of thiazole rings is 1. The number of carboxylic acids is 1. The van der Waals surface area contributed by atoms with E-state index in [-0.39, 0.29) is 16.6 Å². The summed E-state index contributed by atoms with van der Waals surface area (Å²) in [5, 5.41) is 13.0. The third-order valence-corrected chi connectivity index (χ3v) is 3.48. The number of carbonyl (C=O) groups is 2. The average Bonchev–Trinajstić information content (AvgIpc) is 2.74. The van der Waals surface area contributed by atoms with Gasteiger partial charge in [0, 0.05) is 11.9 Å². The second-order valence-electron chi connectivity index (χ2n) is 4.27. The SMILES string of the molecule is CC(C)C(C)CNC(=O)c1nc(C(=O)O)cs1. The highest BCUT2D eigenvalue weighted by Crippen LogP contribution is 2.11. The molecule has 0 aliphatic rings. The molecule has 0 aliphatic heterocycles. The molecule has 6 heteroatoms. The highest BCUT2D eigenvalue weighted by atomic mass is 32.1. The third-order valence-electron chi connectivity index (χ3n) is 2.64. The number of nitrogens with one attached hydrogen (secondary N) is 1. The van der Waals surface area contributed by atoms with Crippen LogP contribution >= 0.6 is 11.3 Å². The zero-order valence-electron chi connectivity index (χ0n) is 10.1. The molecule has 1 rings (SSSR count). The number of hydrogen-bond donors (Lipinski definition) is 2. The van der Waals surface area contributed by atoms with Gasteiger partial charge in [-0.3, -0.25) is 4.79 Å². The zero-order chi connectivity index (χ0) is 13.0. The van der Waals surface area contributed by atoms with Crippen LogP contribution in [0.5, 0.6) is 0 Å². The predicted molar refractivity (Wildman–Crippen MR) is 65.4 cm³/mol. The van der Waals surface area contributed by atoms with E-state index in [1.165, 1.54) is 5.38 Å². The van der Waals surface area contributed by atoms with Crippen molar-refractivity contribution in [3.05, 3.63) is 16.1 Å². The zero-order valence-corrected chi connectivity index (χ0v) is 10.9. The molecule has 0 spiro atoms. The summed E-state index contributed by atoms with van der Waals surface area (Å²) in [5.41, 5.74) is -0.0861. The fourth-order valence-corrected chi connectivity index (χ4v) is 1.75.